The quantitative estimate of drug-likeness (QED) is 0.780. The Labute approximate surface area is 114 Å². The Morgan fingerprint density at radius 3 is 2.42 bits per heavy atom. The van der Waals surface area contributed by atoms with Crippen LogP contribution in [-0.4, -0.2) is 21.9 Å². The Kier molecular flexibility index (Phi) is 4.78. The highest BCUT2D eigenvalue weighted by Crippen LogP contribution is 2.06. The molecule has 19 heavy (non-hydrogen) atoms. The summed E-state index contributed by atoms with van der Waals surface area (Å²) in [4.78, 5) is 14.1. The zero-order valence-electron chi connectivity index (χ0n) is 11.3. The van der Waals surface area contributed by atoms with Crippen LogP contribution in [0.25, 0.3) is 0 Å². The fraction of sp³-hybridized carbons (Fsp3) is 0.312. The van der Waals surface area contributed by atoms with Gasteiger partial charge in [0.1, 0.15) is 0 Å². The molecule has 0 unspecified atom stereocenters. The van der Waals surface area contributed by atoms with Crippen molar-refractivity contribution in [2.75, 3.05) is 6.54 Å². The lowest BCUT2D eigenvalue weighted by Gasteiger charge is -2.21. The second kappa shape index (κ2) is 6.78. The van der Waals surface area contributed by atoms with Crippen molar-refractivity contribution >= 4 is 5.91 Å². The van der Waals surface area contributed by atoms with Gasteiger partial charge >= 0.3 is 0 Å². The number of nitrogens with zero attached hydrogens (tertiary/aromatic N) is 2. The summed E-state index contributed by atoms with van der Waals surface area (Å²) in [5.41, 5.74) is 1.18. The predicted molar refractivity (Wildman–Crippen MR) is 76.6 cm³/mol. The lowest BCUT2D eigenvalue weighted by molar-refractivity contribution is -0.131. The van der Waals surface area contributed by atoms with Gasteiger partial charge in [-0.3, -0.25) is 4.79 Å². The summed E-state index contributed by atoms with van der Waals surface area (Å²) >= 11 is 0. The van der Waals surface area contributed by atoms with Gasteiger partial charge in [-0.2, -0.15) is 0 Å². The number of carbonyl (C=O) groups excluding carboxylic acids is 1. The molecule has 0 spiro atoms. The molecule has 1 aromatic carbocycles. The molecule has 3 nitrogen and oxygen atoms in total. The molecule has 0 bridgehead atoms. The average Bonchev–Trinajstić information content (AvgIpc) is 2.96. The van der Waals surface area contributed by atoms with Crippen LogP contribution in [0.5, 0.6) is 0 Å². The Morgan fingerprint density at radius 1 is 1.11 bits per heavy atom. The minimum Gasteiger partial charge on any atom is -0.354 e. The lowest BCUT2D eigenvalue weighted by atomic mass is 10.2. The third-order valence-electron chi connectivity index (χ3n) is 3.20. The maximum absolute atomic E-state index is 12.2. The maximum Gasteiger partial charge on any atom is 0.224 e. The van der Waals surface area contributed by atoms with Gasteiger partial charge in [-0.15, -0.1) is 0 Å². The Morgan fingerprint density at radius 2 is 1.79 bits per heavy atom. The topological polar surface area (TPSA) is 25.2 Å². The minimum absolute atomic E-state index is 0.208. The largest absolute Gasteiger partial charge is 0.354 e. The molecule has 1 heterocycles. The molecule has 1 aromatic heterocycles. The highest BCUT2D eigenvalue weighted by atomic mass is 16.2. The van der Waals surface area contributed by atoms with E-state index < -0.39 is 0 Å². The fourth-order valence-corrected chi connectivity index (χ4v) is 2.08. The van der Waals surface area contributed by atoms with Crippen molar-refractivity contribution in [3.8, 4) is 0 Å². The van der Waals surface area contributed by atoms with Gasteiger partial charge in [0.2, 0.25) is 5.91 Å². The van der Waals surface area contributed by atoms with E-state index in [0.29, 0.717) is 13.0 Å². The average molecular weight is 256 g/mol. The van der Waals surface area contributed by atoms with E-state index in [0.717, 1.165) is 13.1 Å². The number of hydrogen-bond acceptors (Lipinski definition) is 1. The van der Waals surface area contributed by atoms with E-state index in [-0.39, 0.29) is 5.91 Å². The van der Waals surface area contributed by atoms with Crippen LogP contribution in [-0.2, 0) is 17.9 Å². The zero-order chi connectivity index (χ0) is 13.5. The molecule has 1 amide bonds. The summed E-state index contributed by atoms with van der Waals surface area (Å²) in [6.07, 6.45) is 4.52. The Balaban J connectivity index is 1.88. The monoisotopic (exact) mass is 256 g/mol. The number of rotatable bonds is 6. The van der Waals surface area contributed by atoms with E-state index in [2.05, 4.69) is 12.1 Å². The summed E-state index contributed by atoms with van der Waals surface area (Å²) in [6, 6.07) is 14.1. The molecule has 0 atom stereocenters. The summed E-state index contributed by atoms with van der Waals surface area (Å²) in [6.45, 7) is 4.22. The van der Waals surface area contributed by atoms with E-state index in [1.165, 1.54) is 5.56 Å². The van der Waals surface area contributed by atoms with Crippen molar-refractivity contribution in [2.24, 2.45) is 0 Å². The van der Waals surface area contributed by atoms with Crippen LogP contribution in [0.4, 0.5) is 0 Å². The molecule has 0 fully saturated rings. The van der Waals surface area contributed by atoms with Crippen LogP contribution >= 0.6 is 0 Å². The molecular weight excluding hydrogens is 236 g/mol. The molecule has 2 rings (SSSR count). The Hall–Kier alpha value is -2.03. The zero-order valence-corrected chi connectivity index (χ0v) is 11.3. The van der Waals surface area contributed by atoms with Crippen LogP contribution < -0.4 is 0 Å². The lowest BCUT2D eigenvalue weighted by Crippen LogP contribution is -2.30. The summed E-state index contributed by atoms with van der Waals surface area (Å²) in [5.74, 6) is 0.208. The van der Waals surface area contributed by atoms with Crippen LogP contribution in [0.15, 0.2) is 54.9 Å². The van der Waals surface area contributed by atoms with Gasteiger partial charge in [0.05, 0.1) is 0 Å². The van der Waals surface area contributed by atoms with Crippen molar-refractivity contribution in [1.82, 2.24) is 9.47 Å². The van der Waals surface area contributed by atoms with E-state index in [1.807, 2.05) is 59.1 Å². The third kappa shape index (κ3) is 3.98. The molecule has 0 aliphatic rings. The number of hydrogen-bond donors (Lipinski definition) is 0. The molecule has 3 heteroatoms. The molecule has 0 saturated heterocycles. The van der Waals surface area contributed by atoms with Crippen molar-refractivity contribution in [3.05, 3.63) is 60.4 Å². The predicted octanol–water partition coefficient (Wildman–Crippen LogP) is 2.93. The first kappa shape index (κ1) is 13.4. The standard InChI is InChI=1S/C16H20N2O/c1-2-18(14-15-8-4-3-5-9-15)16(19)10-13-17-11-6-7-12-17/h3-9,11-12H,2,10,13-14H2,1H3. The van der Waals surface area contributed by atoms with Crippen molar-refractivity contribution in [3.63, 3.8) is 0 Å². The summed E-state index contributed by atoms with van der Waals surface area (Å²) < 4.78 is 2.04. The van der Waals surface area contributed by atoms with Crippen LogP contribution in [0, 0.1) is 0 Å². The molecule has 0 aliphatic carbocycles. The first-order chi connectivity index (χ1) is 9.29. The van der Waals surface area contributed by atoms with E-state index >= 15 is 0 Å². The summed E-state index contributed by atoms with van der Waals surface area (Å²) in [7, 11) is 0. The molecular formula is C16H20N2O. The van der Waals surface area contributed by atoms with Crippen LogP contribution in [0.1, 0.15) is 18.9 Å². The van der Waals surface area contributed by atoms with Gasteiger partial charge in [-0.25, -0.2) is 0 Å². The van der Waals surface area contributed by atoms with Crippen LogP contribution in [0.2, 0.25) is 0 Å². The normalized spacial score (nSPS) is 10.4. The number of benzene rings is 1. The number of aryl methyl sites for hydroxylation is 1. The highest BCUT2D eigenvalue weighted by molar-refractivity contribution is 5.76. The van der Waals surface area contributed by atoms with E-state index in [4.69, 9.17) is 0 Å². The van der Waals surface area contributed by atoms with Crippen LogP contribution in [0.3, 0.4) is 0 Å². The minimum atomic E-state index is 0.208. The second-order valence-electron chi connectivity index (χ2n) is 4.56. The molecule has 0 radical (unpaired) electrons. The fourth-order valence-electron chi connectivity index (χ4n) is 2.08. The first-order valence-electron chi connectivity index (χ1n) is 6.72. The van der Waals surface area contributed by atoms with Crippen molar-refractivity contribution in [1.29, 1.82) is 0 Å². The third-order valence-corrected chi connectivity index (χ3v) is 3.20. The van der Waals surface area contributed by atoms with Crippen molar-refractivity contribution in [2.45, 2.75) is 26.4 Å². The van der Waals surface area contributed by atoms with Crippen molar-refractivity contribution < 1.29 is 4.79 Å². The number of amides is 1. The molecule has 0 saturated carbocycles. The van der Waals surface area contributed by atoms with Gasteiger partial charge in [-0.1, -0.05) is 30.3 Å². The molecule has 0 N–H and O–H groups in total. The smallest absolute Gasteiger partial charge is 0.224 e. The maximum atomic E-state index is 12.2. The first-order valence-corrected chi connectivity index (χ1v) is 6.72. The van der Waals surface area contributed by atoms with E-state index in [9.17, 15) is 4.79 Å². The molecule has 2 aromatic rings. The molecule has 100 valence electrons. The van der Waals surface area contributed by atoms with Gasteiger partial charge in [0.15, 0.2) is 0 Å². The second-order valence-corrected chi connectivity index (χ2v) is 4.56. The number of carbonyl (C=O) groups is 1. The van der Waals surface area contributed by atoms with Gasteiger partial charge in [-0.05, 0) is 24.6 Å². The van der Waals surface area contributed by atoms with Gasteiger partial charge in [0.25, 0.3) is 0 Å². The number of aromatic nitrogens is 1. The SMILES string of the molecule is CCN(Cc1ccccc1)C(=O)CCn1cccc1. The van der Waals surface area contributed by atoms with Gasteiger partial charge in [0, 0.05) is 38.4 Å². The van der Waals surface area contributed by atoms with E-state index in [1.54, 1.807) is 0 Å². The summed E-state index contributed by atoms with van der Waals surface area (Å²) in [5, 5.41) is 0. The van der Waals surface area contributed by atoms with Gasteiger partial charge < -0.3 is 9.47 Å². The highest BCUT2D eigenvalue weighted by Gasteiger charge is 2.11. The Bertz CT molecular complexity index is 491. The molecule has 0 aliphatic heterocycles.